The van der Waals surface area contributed by atoms with Crippen molar-refractivity contribution in [2.24, 2.45) is 0 Å². The second-order valence-corrected chi connectivity index (χ2v) is 5.80. The van der Waals surface area contributed by atoms with Crippen LogP contribution in [0.1, 0.15) is 24.3 Å². The van der Waals surface area contributed by atoms with E-state index in [1.807, 2.05) is 12.1 Å². The standard InChI is InChI=1S/C16H17N7O2/c24-13(20-11-4-3-10-2-1-7-17-12(10)8-11)5-6-14-21-16(23-25-14)15-18-9-19-22-15/h3-4,8-9,17H,1-2,5-7H2,(H,20,24)(H,18,19,22). The zero-order valence-electron chi connectivity index (χ0n) is 13.5. The summed E-state index contributed by atoms with van der Waals surface area (Å²) in [6.45, 7) is 0.967. The molecule has 3 aromatic rings. The molecule has 3 N–H and O–H groups in total. The second-order valence-electron chi connectivity index (χ2n) is 5.80. The third-order valence-electron chi connectivity index (χ3n) is 3.99. The molecule has 0 saturated heterocycles. The number of fused-ring (bicyclic) bond motifs is 1. The summed E-state index contributed by atoms with van der Waals surface area (Å²) in [5.41, 5.74) is 3.17. The average molecular weight is 339 g/mol. The van der Waals surface area contributed by atoms with Gasteiger partial charge in [-0.05, 0) is 30.5 Å². The summed E-state index contributed by atoms with van der Waals surface area (Å²) in [6, 6.07) is 5.96. The predicted octanol–water partition coefficient (Wildman–Crippen LogP) is 1.78. The van der Waals surface area contributed by atoms with E-state index in [4.69, 9.17) is 4.52 Å². The number of rotatable bonds is 5. The Kier molecular flexibility index (Phi) is 4.11. The van der Waals surface area contributed by atoms with Crippen molar-refractivity contribution in [3.05, 3.63) is 36.0 Å². The highest BCUT2D eigenvalue weighted by atomic mass is 16.5. The monoisotopic (exact) mass is 339 g/mol. The first kappa shape index (κ1) is 15.3. The van der Waals surface area contributed by atoms with Gasteiger partial charge in [0.15, 0.2) is 5.82 Å². The zero-order valence-corrected chi connectivity index (χ0v) is 13.5. The van der Waals surface area contributed by atoms with Crippen LogP contribution in [-0.2, 0) is 17.6 Å². The Morgan fingerprint density at radius 2 is 2.32 bits per heavy atom. The molecule has 3 heterocycles. The van der Waals surface area contributed by atoms with Crippen LogP contribution >= 0.6 is 0 Å². The summed E-state index contributed by atoms with van der Waals surface area (Å²) in [5.74, 6) is 1.04. The highest BCUT2D eigenvalue weighted by Gasteiger charge is 2.13. The van der Waals surface area contributed by atoms with Crippen LogP contribution in [0.5, 0.6) is 0 Å². The third kappa shape index (κ3) is 3.49. The summed E-state index contributed by atoms with van der Waals surface area (Å²) in [7, 11) is 0. The molecule has 4 rings (SSSR count). The molecule has 0 unspecified atom stereocenters. The Labute approximate surface area is 143 Å². The number of amides is 1. The van der Waals surface area contributed by atoms with Gasteiger partial charge < -0.3 is 15.2 Å². The first-order valence-electron chi connectivity index (χ1n) is 8.13. The van der Waals surface area contributed by atoms with Gasteiger partial charge in [-0.1, -0.05) is 11.2 Å². The number of nitrogens with zero attached hydrogens (tertiary/aromatic N) is 4. The van der Waals surface area contributed by atoms with Crippen LogP contribution in [-0.4, -0.2) is 37.8 Å². The van der Waals surface area contributed by atoms with Crippen LogP contribution in [0.25, 0.3) is 11.6 Å². The molecule has 1 aliphatic rings. The lowest BCUT2D eigenvalue weighted by Gasteiger charge is -2.18. The number of nitrogens with one attached hydrogen (secondary N) is 3. The van der Waals surface area contributed by atoms with Crippen LogP contribution in [0.2, 0.25) is 0 Å². The van der Waals surface area contributed by atoms with Crippen LogP contribution in [0.3, 0.4) is 0 Å². The van der Waals surface area contributed by atoms with Crippen LogP contribution in [0.15, 0.2) is 29.0 Å². The molecule has 2 aromatic heterocycles. The van der Waals surface area contributed by atoms with E-state index in [1.165, 1.54) is 11.9 Å². The Morgan fingerprint density at radius 1 is 1.36 bits per heavy atom. The number of benzene rings is 1. The maximum atomic E-state index is 12.1. The highest BCUT2D eigenvalue weighted by molar-refractivity contribution is 5.91. The number of carbonyl (C=O) groups is 1. The fraction of sp³-hybridized carbons (Fsp3) is 0.312. The fourth-order valence-corrected chi connectivity index (χ4v) is 2.75. The molecule has 0 spiro atoms. The number of anilines is 2. The maximum Gasteiger partial charge on any atom is 0.239 e. The van der Waals surface area contributed by atoms with Crippen molar-refractivity contribution in [2.75, 3.05) is 17.2 Å². The summed E-state index contributed by atoms with van der Waals surface area (Å²) >= 11 is 0. The summed E-state index contributed by atoms with van der Waals surface area (Å²) in [6.07, 6.45) is 4.19. The molecule has 0 radical (unpaired) electrons. The van der Waals surface area contributed by atoms with Crippen molar-refractivity contribution in [3.63, 3.8) is 0 Å². The molecule has 1 aliphatic heterocycles. The van der Waals surface area contributed by atoms with Gasteiger partial charge in [-0.25, -0.2) is 4.98 Å². The molecule has 0 saturated carbocycles. The van der Waals surface area contributed by atoms with E-state index in [0.717, 1.165) is 30.8 Å². The SMILES string of the molecule is O=C(CCc1nc(-c2ncn[nH]2)no1)Nc1ccc2c(c1)NCCC2. The minimum Gasteiger partial charge on any atom is -0.385 e. The van der Waals surface area contributed by atoms with Gasteiger partial charge in [0.05, 0.1) is 0 Å². The average Bonchev–Trinajstić information content (AvgIpc) is 3.31. The smallest absolute Gasteiger partial charge is 0.239 e. The molecule has 0 aliphatic carbocycles. The van der Waals surface area contributed by atoms with Gasteiger partial charge in [0, 0.05) is 30.8 Å². The topological polar surface area (TPSA) is 122 Å². The van der Waals surface area contributed by atoms with Crippen LogP contribution in [0.4, 0.5) is 11.4 Å². The number of H-pyrrole nitrogens is 1. The van der Waals surface area contributed by atoms with Crippen molar-refractivity contribution in [1.29, 1.82) is 0 Å². The lowest BCUT2D eigenvalue weighted by molar-refractivity contribution is -0.116. The molecular weight excluding hydrogens is 322 g/mol. The predicted molar refractivity (Wildman–Crippen MR) is 89.9 cm³/mol. The third-order valence-corrected chi connectivity index (χ3v) is 3.99. The lowest BCUT2D eigenvalue weighted by atomic mass is 10.0. The molecular formula is C16H17N7O2. The van der Waals surface area contributed by atoms with Gasteiger partial charge in [0.2, 0.25) is 17.6 Å². The minimum atomic E-state index is -0.102. The molecule has 1 aromatic carbocycles. The van der Waals surface area contributed by atoms with Crippen molar-refractivity contribution in [3.8, 4) is 11.6 Å². The molecule has 1 amide bonds. The van der Waals surface area contributed by atoms with E-state index < -0.39 is 0 Å². The van der Waals surface area contributed by atoms with E-state index >= 15 is 0 Å². The van der Waals surface area contributed by atoms with E-state index in [2.05, 4.69) is 42.0 Å². The highest BCUT2D eigenvalue weighted by Crippen LogP contribution is 2.25. The molecule has 9 heteroatoms. The number of aryl methyl sites for hydroxylation is 2. The Hall–Kier alpha value is -3.23. The normalized spacial score (nSPS) is 13.1. The van der Waals surface area contributed by atoms with E-state index in [9.17, 15) is 4.79 Å². The van der Waals surface area contributed by atoms with E-state index in [1.54, 1.807) is 0 Å². The number of aromatic amines is 1. The Bertz CT molecular complexity index is 873. The van der Waals surface area contributed by atoms with Gasteiger partial charge >= 0.3 is 0 Å². The summed E-state index contributed by atoms with van der Waals surface area (Å²) in [5, 5.41) is 16.5. The first-order valence-corrected chi connectivity index (χ1v) is 8.13. The minimum absolute atomic E-state index is 0.102. The van der Waals surface area contributed by atoms with Crippen molar-refractivity contribution in [1.82, 2.24) is 25.3 Å². The number of hydrogen-bond donors (Lipinski definition) is 3. The maximum absolute atomic E-state index is 12.1. The molecule has 0 fully saturated rings. The Balaban J connectivity index is 1.33. The summed E-state index contributed by atoms with van der Waals surface area (Å²) < 4.78 is 5.12. The zero-order chi connectivity index (χ0) is 17.1. The summed E-state index contributed by atoms with van der Waals surface area (Å²) in [4.78, 5) is 20.3. The van der Waals surface area contributed by atoms with Crippen molar-refractivity contribution in [2.45, 2.75) is 25.7 Å². The second kappa shape index (κ2) is 6.71. The van der Waals surface area contributed by atoms with E-state index in [0.29, 0.717) is 24.0 Å². The number of aromatic nitrogens is 5. The molecule has 0 bridgehead atoms. The first-order chi connectivity index (χ1) is 12.3. The van der Waals surface area contributed by atoms with Gasteiger partial charge in [0.25, 0.3) is 0 Å². The van der Waals surface area contributed by atoms with Crippen molar-refractivity contribution < 1.29 is 9.32 Å². The fourth-order valence-electron chi connectivity index (χ4n) is 2.75. The molecule has 0 atom stereocenters. The van der Waals surface area contributed by atoms with Crippen LogP contribution in [0, 0.1) is 0 Å². The molecule has 128 valence electrons. The number of carbonyl (C=O) groups excluding carboxylic acids is 1. The van der Waals surface area contributed by atoms with Gasteiger partial charge in [0.1, 0.15) is 6.33 Å². The molecule has 25 heavy (non-hydrogen) atoms. The van der Waals surface area contributed by atoms with Gasteiger partial charge in [-0.3, -0.25) is 9.89 Å². The Morgan fingerprint density at radius 3 is 3.20 bits per heavy atom. The quantitative estimate of drug-likeness (QED) is 0.647. The molecule has 9 nitrogen and oxygen atoms in total. The van der Waals surface area contributed by atoms with Gasteiger partial charge in [-0.2, -0.15) is 10.1 Å². The largest absolute Gasteiger partial charge is 0.385 e. The van der Waals surface area contributed by atoms with Crippen LogP contribution < -0.4 is 10.6 Å². The number of hydrogen-bond acceptors (Lipinski definition) is 7. The van der Waals surface area contributed by atoms with E-state index in [-0.39, 0.29) is 12.3 Å². The van der Waals surface area contributed by atoms with Crippen molar-refractivity contribution >= 4 is 17.3 Å². The lowest BCUT2D eigenvalue weighted by Crippen LogP contribution is -2.15. The van der Waals surface area contributed by atoms with Gasteiger partial charge in [-0.15, -0.1) is 0 Å².